The van der Waals surface area contributed by atoms with E-state index in [-0.39, 0.29) is 51.6 Å². The van der Waals surface area contributed by atoms with Gasteiger partial charge in [-0.1, -0.05) is 0 Å². The summed E-state index contributed by atoms with van der Waals surface area (Å²) in [6.07, 6.45) is -0.223. The van der Waals surface area contributed by atoms with Crippen LogP contribution in [0.1, 0.15) is 13.8 Å². The van der Waals surface area contributed by atoms with Crippen LogP contribution in [0.2, 0.25) is 0 Å². The summed E-state index contributed by atoms with van der Waals surface area (Å²) in [5.41, 5.74) is -0.0493. The van der Waals surface area contributed by atoms with Crippen LogP contribution in [0.3, 0.4) is 0 Å². The van der Waals surface area contributed by atoms with Gasteiger partial charge in [-0.05, 0) is 32.0 Å². The number of benzene rings is 2. The number of ether oxygens (including phenoxy) is 2. The highest BCUT2D eigenvalue weighted by Gasteiger charge is 2.21. The summed E-state index contributed by atoms with van der Waals surface area (Å²) in [5, 5.41) is 29.3. The van der Waals surface area contributed by atoms with Crippen LogP contribution in [0.4, 0.5) is 0 Å². The number of rotatable bonds is 4. The number of methoxy groups -OCH3 is 1. The lowest BCUT2D eigenvalue weighted by Crippen LogP contribution is -2.12. The van der Waals surface area contributed by atoms with E-state index in [1.54, 1.807) is 13.8 Å². The van der Waals surface area contributed by atoms with Gasteiger partial charge in [-0.3, -0.25) is 4.79 Å². The lowest BCUT2D eigenvalue weighted by atomic mass is 10.1. The smallest absolute Gasteiger partial charge is 0.239 e. The molecule has 0 fully saturated rings. The van der Waals surface area contributed by atoms with Crippen molar-refractivity contribution >= 4 is 11.0 Å². The van der Waals surface area contributed by atoms with Gasteiger partial charge < -0.3 is 29.2 Å². The Morgan fingerprint density at radius 2 is 1.77 bits per heavy atom. The van der Waals surface area contributed by atoms with E-state index in [0.29, 0.717) is 5.56 Å². The average molecular weight is 358 g/mol. The minimum absolute atomic E-state index is 0.0568. The Balaban J connectivity index is 2.35. The van der Waals surface area contributed by atoms with Crippen LogP contribution in [0.5, 0.6) is 28.7 Å². The summed E-state index contributed by atoms with van der Waals surface area (Å²) >= 11 is 0. The Morgan fingerprint density at radius 3 is 2.38 bits per heavy atom. The number of fused-ring (bicyclic) bond motifs is 1. The normalized spacial score (nSPS) is 11.1. The molecule has 3 N–H and O–H groups in total. The van der Waals surface area contributed by atoms with Crippen LogP contribution in [-0.4, -0.2) is 28.5 Å². The van der Waals surface area contributed by atoms with E-state index in [1.165, 1.54) is 37.4 Å². The molecule has 7 heteroatoms. The zero-order chi connectivity index (χ0) is 19.0. The largest absolute Gasteiger partial charge is 0.508 e. The van der Waals surface area contributed by atoms with Gasteiger partial charge in [0.1, 0.15) is 22.5 Å². The minimum atomic E-state index is -0.480. The van der Waals surface area contributed by atoms with E-state index in [9.17, 15) is 20.1 Å². The fraction of sp³-hybridized carbons (Fsp3) is 0.211. The first-order valence-electron chi connectivity index (χ1n) is 7.88. The molecule has 0 amide bonds. The van der Waals surface area contributed by atoms with E-state index in [2.05, 4.69) is 0 Å². The number of phenols is 3. The van der Waals surface area contributed by atoms with Crippen molar-refractivity contribution < 1.29 is 29.2 Å². The van der Waals surface area contributed by atoms with Crippen LogP contribution in [0.15, 0.2) is 39.5 Å². The first kappa shape index (κ1) is 17.5. The van der Waals surface area contributed by atoms with E-state index in [1.807, 2.05) is 0 Å². The van der Waals surface area contributed by atoms with E-state index in [0.717, 1.165) is 0 Å². The van der Waals surface area contributed by atoms with Crippen molar-refractivity contribution in [1.82, 2.24) is 0 Å². The van der Waals surface area contributed by atoms with Crippen LogP contribution in [0, 0.1) is 0 Å². The summed E-state index contributed by atoms with van der Waals surface area (Å²) in [5.74, 6) is -0.639. The Labute approximate surface area is 148 Å². The van der Waals surface area contributed by atoms with E-state index < -0.39 is 5.43 Å². The maximum atomic E-state index is 13.0. The predicted octanol–water partition coefficient (Wildman–Crippen LogP) is 3.37. The summed E-state index contributed by atoms with van der Waals surface area (Å²) in [6, 6.07) is 6.62. The van der Waals surface area contributed by atoms with Crippen LogP contribution in [-0.2, 0) is 0 Å². The maximum absolute atomic E-state index is 13.0. The standard InChI is InChI=1S/C19H18O7/c1-9(2)25-14-7-11(20)8-15-16(14)17(23)19(24-3)18(26-15)10-4-5-12(21)13(22)6-10/h4-9,20-22H,1-3H3. The quantitative estimate of drug-likeness (QED) is 0.613. The van der Waals surface area contributed by atoms with Crippen molar-refractivity contribution in [3.05, 3.63) is 40.6 Å². The molecule has 0 radical (unpaired) electrons. The Hall–Kier alpha value is -3.35. The van der Waals surface area contributed by atoms with Crippen LogP contribution >= 0.6 is 0 Å². The molecular weight excluding hydrogens is 340 g/mol. The van der Waals surface area contributed by atoms with Gasteiger partial charge in [-0.2, -0.15) is 0 Å². The predicted molar refractivity (Wildman–Crippen MR) is 95.2 cm³/mol. The molecule has 3 aromatic rings. The molecule has 0 atom stereocenters. The highest BCUT2D eigenvalue weighted by atomic mass is 16.5. The summed E-state index contributed by atoms with van der Waals surface area (Å²) < 4.78 is 16.6. The first-order chi connectivity index (χ1) is 12.3. The van der Waals surface area contributed by atoms with Gasteiger partial charge in [-0.25, -0.2) is 0 Å². The highest BCUT2D eigenvalue weighted by molar-refractivity contribution is 5.88. The number of aromatic hydroxyl groups is 3. The zero-order valence-electron chi connectivity index (χ0n) is 14.4. The van der Waals surface area contributed by atoms with Crippen molar-refractivity contribution in [2.24, 2.45) is 0 Å². The zero-order valence-corrected chi connectivity index (χ0v) is 14.4. The molecule has 26 heavy (non-hydrogen) atoms. The average Bonchev–Trinajstić information content (AvgIpc) is 2.56. The lowest BCUT2D eigenvalue weighted by molar-refractivity contribution is 0.244. The molecule has 0 saturated heterocycles. The third-order valence-corrected chi connectivity index (χ3v) is 3.71. The molecule has 0 bridgehead atoms. The van der Waals surface area contributed by atoms with Crippen molar-refractivity contribution in [2.45, 2.75) is 20.0 Å². The molecular formula is C19H18O7. The van der Waals surface area contributed by atoms with Gasteiger partial charge in [0.05, 0.1) is 13.2 Å². The number of phenolic OH excluding ortho intramolecular Hbond substituents is 3. The van der Waals surface area contributed by atoms with Crippen molar-refractivity contribution in [2.75, 3.05) is 7.11 Å². The van der Waals surface area contributed by atoms with Gasteiger partial charge in [0.2, 0.25) is 11.2 Å². The van der Waals surface area contributed by atoms with Gasteiger partial charge in [0.25, 0.3) is 0 Å². The second-order valence-corrected chi connectivity index (χ2v) is 5.98. The number of hydrogen-bond donors (Lipinski definition) is 3. The molecule has 0 saturated carbocycles. The molecule has 1 aromatic heterocycles. The van der Waals surface area contributed by atoms with Gasteiger partial charge in [0.15, 0.2) is 17.3 Å². The van der Waals surface area contributed by atoms with Crippen LogP contribution < -0.4 is 14.9 Å². The molecule has 0 spiro atoms. The SMILES string of the molecule is COc1c(-c2ccc(O)c(O)c2)oc2cc(O)cc(OC(C)C)c2c1=O. The number of hydrogen-bond acceptors (Lipinski definition) is 7. The molecule has 0 unspecified atom stereocenters. The highest BCUT2D eigenvalue weighted by Crippen LogP contribution is 2.38. The minimum Gasteiger partial charge on any atom is -0.508 e. The van der Waals surface area contributed by atoms with Crippen molar-refractivity contribution in [3.8, 4) is 40.1 Å². The lowest BCUT2D eigenvalue weighted by Gasteiger charge is -2.14. The van der Waals surface area contributed by atoms with E-state index in [4.69, 9.17) is 13.9 Å². The van der Waals surface area contributed by atoms with Gasteiger partial charge >= 0.3 is 0 Å². The summed E-state index contributed by atoms with van der Waals surface area (Å²) in [7, 11) is 1.32. The first-order valence-corrected chi connectivity index (χ1v) is 7.88. The van der Waals surface area contributed by atoms with Crippen LogP contribution in [0.25, 0.3) is 22.3 Å². The Kier molecular flexibility index (Phi) is 4.38. The van der Waals surface area contributed by atoms with Gasteiger partial charge in [0, 0.05) is 17.7 Å². The molecule has 0 aliphatic heterocycles. The summed E-state index contributed by atoms with van der Waals surface area (Å²) in [6.45, 7) is 3.59. The molecule has 2 aromatic carbocycles. The summed E-state index contributed by atoms with van der Waals surface area (Å²) in [4.78, 5) is 13.0. The Bertz CT molecular complexity index is 1030. The molecule has 7 nitrogen and oxygen atoms in total. The fourth-order valence-electron chi connectivity index (χ4n) is 2.64. The van der Waals surface area contributed by atoms with Crippen molar-refractivity contribution in [3.63, 3.8) is 0 Å². The second-order valence-electron chi connectivity index (χ2n) is 5.98. The Morgan fingerprint density at radius 1 is 1.04 bits per heavy atom. The second kappa shape index (κ2) is 6.51. The topological polar surface area (TPSA) is 109 Å². The molecule has 136 valence electrons. The molecule has 1 heterocycles. The third-order valence-electron chi connectivity index (χ3n) is 3.71. The molecule has 0 aliphatic rings. The third kappa shape index (κ3) is 2.99. The fourth-order valence-corrected chi connectivity index (χ4v) is 2.64. The van der Waals surface area contributed by atoms with E-state index >= 15 is 0 Å². The van der Waals surface area contributed by atoms with Gasteiger partial charge in [-0.15, -0.1) is 0 Å². The molecule has 3 rings (SSSR count). The van der Waals surface area contributed by atoms with Crippen molar-refractivity contribution in [1.29, 1.82) is 0 Å². The monoisotopic (exact) mass is 358 g/mol. The maximum Gasteiger partial charge on any atom is 0.239 e. The molecule has 0 aliphatic carbocycles.